The van der Waals surface area contributed by atoms with Gasteiger partial charge in [-0.1, -0.05) is 0 Å². The lowest BCUT2D eigenvalue weighted by Gasteiger charge is -2.35. The van der Waals surface area contributed by atoms with Crippen LogP contribution in [0.15, 0.2) is 30.6 Å². The SMILES string of the molecule is CC(=O)c1ccc(C(=O)N2C[C@H]3C[C@@H](n4cccn4)[C@H](O)C[C@H]3C2)s1. The number of carbonyl (C=O) groups excluding carboxylic acids is 2. The number of Topliss-reactive ketones (excluding diaryl/α,β-unsaturated/α-hetero) is 1. The Kier molecular flexibility index (Phi) is 4.21. The van der Waals surface area contributed by atoms with Crippen LogP contribution >= 0.6 is 11.3 Å². The fraction of sp³-hybridized carbons (Fsp3) is 0.500. The summed E-state index contributed by atoms with van der Waals surface area (Å²) in [5, 5.41) is 14.8. The first-order chi connectivity index (χ1) is 12.0. The summed E-state index contributed by atoms with van der Waals surface area (Å²) >= 11 is 1.26. The Labute approximate surface area is 150 Å². The molecule has 2 aliphatic rings. The van der Waals surface area contributed by atoms with Gasteiger partial charge < -0.3 is 10.0 Å². The number of nitrogens with zero attached hydrogens (tertiary/aromatic N) is 3. The number of thiophene rings is 1. The molecule has 2 fully saturated rings. The third-order valence-corrected chi connectivity index (χ3v) is 6.60. The quantitative estimate of drug-likeness (QED) is 0.853. The van der Waals surface area contributed by atoms with E-state index in [-0.39, 0.29) is 17.7 Å². The van der Waals surface area contributed by atoms with Crippen LogP contribution in [0.3, 0.4) is 0 Å². The summed E-state index contributed by atoms with van der Waals surface area (Å²) in [6.07, 6.45) is 4.72. The summed E-state index contributed by atoms with van der Waals surface area (Å²) in [6.45, 7) is 2.91. The molecule has 2 aromatic rings. The van der Waals surface area contributed by atoms with Gasteiger partial charge in [-0.05, 0) is 49.8 Å². The predicted octanol–water partition coefficient (Wildman–Crippen LogP) is 2.23. The summed E-state index contributed by atoms with van der Waals surface area (Å²) in [6, 6.07) is 5.32. The number of aliphatic hydroxyl groups is 1. The fourth-order valence-electron chi connectivity index (χ4n) is 4.13. The Morgan fingerprint density at radius 3 is 2.56 bits per heavy atom. The van der Waals surface area contributed by atoms with Crippen molar-refractivity contribution in [2.24, 2.45) is 11.8 Å². The molecule has 2 aromatic heterocycles. The smallest absolute Gasteiger partial charge is 0.263 e. The maximum Gasteiger partial charge on any atom is 0.263 e. The van der Waals surface area contributed by atoms with Crippen LogP contribution in [0.2, 0.25) is 0 Å². The number of hydrogen-bond donors (Lipinski definition) is 1. The van der Waals surface area contributed by atoms with E-state index in [9.17, 15) is 14.7 Å². The van der Waals surface area contributed by atoms with Gasteiger partial charge in [0, 0.05) is 25.5 Å². The van der Waals surface area contributed by atoms with E-state index in [4.69, 9.17) is 0 Å². The number of fused-ring (bicyclic) bond motifs is 1. The average Bonchev–Trinajstić information content (AvgIpc) is 3.32. The minimum absolute atomic E-state index is 0.00275. The van der Waals surface area contributed by atoms with Crippen molar-refractivity contribution >= 4 is 23.0 Å². The van der Waals surface area contributed by atoms with E-state index in [0.717, 1.165) is 6.42 Å². The zero-order chi connectivity index (χ0) is 17.6. The summed E-state index contributed by atoms with van der Waals surface area (Å²) in [5.74, 6) is 0.702. The summed E-state index contributed by atoms with van der Waals surface area (Å²) < 4.78 is 1.84. The molecule has 7 heteroatoms. The highest BCUT2D eigenvalue weighted by Crippen LogP contribution is 2.41. The van der Waals surface area contributed by atoms with E-state index in [2.05, 4.69) is 5.10 Å². The van der Waals surface area contributed by atoms with E-state index in [1.807, 2.05) is 21.8 Å². The number of aromatic nitrogens is 2. The molecular formula is C18H21N3O3S. The molecule has 0 bridgehead atoms. The van der Waals surface area contributed by atoms with Gasteiger partial charge in [0.05, 0.1) is 21.9 Å². The molecule has 4 atom stereocenters. The van der Waals surface area contributed by atoms with Gasteiger partial charge in [0.1, 0.15) is 0 Å². The molecule has 1 aliphatic heterocycles. The minimum atomic E-state index is -0.428. The fourth-order valence-corrected chi connectivity index (χ4v) is 5.00. The molecule has 132 valence electrons. The van der Waals surface area contributed by atoms with Gasteiger partial charge in [-0.3, -0.25) is 14.3 Å². The monoisotopic (exact) mass is 359 g/mol. The normalized spacial score (nSPS) is 28.8. The molecule has 1 saturated heterocycles. The molecule has 0 aromatic carbocycles. The van der Waals surface area contributed by atoms with Gasteiger partial charge in [0.2, 0.25) is 0 Å². The number of amides is 1. The molecular weight excluding hydrogens is 338 g/mol. The predicted molar refractivity (Wildman–Crippen MR) is 93.7 cm³/mol. The summed E-state index contributed by atoms with van der Waals surface area (Å²) in [5.41, 5.74) is 0. The van der Waals surface area contributed by atoms with Crippen LogP contribution in [0.25, 0.3) is 0 Å². The first kappa shape index (κ1) is 16.5. The van der Waals surface area contributed by atoms with Crippen molar-refractivity contribution in [3.05, 3.63) is 40.3 Å². The van der Waals surface area contributed by atoms with E-state index in [1.54, 1.807) is 18.3 Å². The van der Waals surface area contributed by atoms with Gasteiger partial charge in [-0.25, -0.2) is 0 Å². The van der Waals surface area contributed by atoms with Crippen LogP contribution in [0.1, 0.15) is 45.2 Å². The van der Waals surface area contributed by atoms with Crippen molar-refractivity contribution in [2.45, 2.75) is 31.9 Å². The zero-order valence-corrected chi connectivity index (χ0v) is 14.9. The first-order valence-electron chi connectivity index (χ1n) is 8.60. The van der Waals surface area contributed by atoms with Gasteiger partial charge in [0.25, 0.3) is 5.91 Å². The van der Waals surface area contributed by atoms with Gasteiger partial charge in [-0.15, -0.1) is 11.3 Å². The molecule has 25 heavy (non-hydrogen) atoms. The average molecular weight is 359 g/mol. The highest BCUT2D eigenvalue weighted by molar-refractivity contribution is 7.15. The van der Waals surface area contributed by atoms with Crippen LogP contribution in [0.5, 0.6) is 0 Å². The number of hydrogen-bond acceptors (Lipinski definition) is 5. The van der Waals surface area contributed by atoms with Crippen molar-refractivity contribution in [2.75, 3.05) is 13.1 Å². The molecule has 0 unspecified atom stereocenters. The van der Waals surface area contributed by atoms with E-state index in [1.165, 1.54) is 18.3 Å². The molecule has 4 rings (SSSR count). The number of likely N-dealkylation sites (tertiary alicyclic amines) is 1. The Hall–Kier alpha value is -1.99. The van der Waals surface area contributed by atoms with Gasteiger partial charge in [-0.2, -0.15) is 5.10 Å². The third-order valence-electron chi connectivity index (χ3n) is 5.42. The van der Waals surface area contributed by atoms with E-state index in [0.29, 0.717) is 41.1 Å². The molecule has 1 N–H and O–H groups in total. The van der Waals surface area contributed by atoms with Crippen molar-refractivity contribution in [1.29, 1.82) is 0 Å². The zero-order valence-electron chi connectivity index (χ0n) is 14.0. The van der Waals surface area contributed by atoms with Crippen LogP contribution in [0, 0.1) is 11.8 Å². The standard InChI is InChI=1S/C18H21N3O3S/c1-11(22)16-3-4-17(25-16)18(24)20-9-12-7-14(21-6-2-5-19-21)15(23)8-13(12)10-20/h2-6,12-15,23H,7-10H2,1H3/t12-,13+,14-,15-/m1/s1. The topological polar surface area (TPSA) is 75.4 Å². The molecule has 6 nitrogen and oxygen atoms in total. The van der Waals surface area contributed by atoms with Crippen molar-refractivity contribution in [3.63, 3.8) is 0 Å². The minimum Gasteiger partial charge on any atom is -0.391 e. The lowest BCUT2D eigenvalue weighted by atomic mass is 9.77. The number of aliphatic hydroxyl groups excluding tert-OH is 1. The van der Waals surface area contributed by atoms with Gasteiger partial charge in [0.15, 0.2) is 5.78 Å². The molecule has 0 spiro atoms. The van der Waals surface area contributed by atoms with Crippen molar-refractivity contribution in [1.82, 2.24) is 14.7 Å². The number of rotatable bonds is 3. The molecule has 1 amide bonds. The van der Waals surface area contributed by atoms with Crippen LogP contribution in [-0.4, -0.2) is 50.7 Å². The number of carbonyl (C=O) groups is 2. The highest BCUT2D eigenvalue weighted by Gasteiger charge is 2.44. The molecule has 1 saturated carbocycles. The highest BCUT2D eigenvalue weighted by atomic mass is 32.1. The lowest BCUT2D eigenvalue weighted by Crippen LogP contribution is -2.36. The summed E-state index contributed by atoms with van der Waals surface area (Å²) in [7, 11) is 0. The lowest BCUT2D eigenvalue weighted by molar-refractivity contribution is 0.0306. The van der Waals surface area contributed by atoms with E-state index >= 15 is 0 Å². The van der Waals surface area contributed by atoms with Crippen molar-refractivity contribution < 1.29 is 14.7 Å². The molecule has 1 aliphatic carbocycles. The second kappa shape index (κ2) is 6.38. The van der Waals surface area contributed by atoms with Crippen LogP contribution < -0.4 is 0 Å². The maximum atomic E-state index is 12.8. The Bertz CT molecular complexity index is 785. The first-order valence-corrected chi connectivity index (χ1v) is 9.42. The summed E-state index contributed by atoms with van der Waals surface area (Å²) in [4.78, 5) is 27.3. The Morgan fingerprint density at radius 2 is 1.92 bits per heavy atom. The van der Waals surface area contributed by atoms with Crippen LogP contribution in [-0.2, 0) is 0 Å². The Morgan fingerprint density at radius 1 is 1.20 bits per heavy atom. The molecule has 0 radical (unpaired) electrons. The maximum absolute atomic E-state index is 12.8. The van der Waals surface area contributed by atoms with Crippen LogP contribution in [0.4, 0.5) is 0 Å². The Balaban J connectivity index is 1.47. The second-order valence-corrected chi connectivity index (χ2v) is 8.13. The van der Waals surface area contributed by atoms with Crippen molar-refractivity contribution in [3.8, 4) is 0 Å². The van der Waals surface area contributed by atoms with Gasteiger partial charge >= 0.3 is 0 Å². The second-order valence-electron chi connectivity index (χ2n) is 7.04. The van der Waals surface area contributed by atoms with E-state index < -0.39 is 6.10 Å². The largest absolute Gasteiger partial charge is 0.391 e. The molecule has 3 heterocycles. The third kappa shape index (κ3) is 3.02. The number of ketones is 1.